The van der Waals surface area contributed by atoms with Crippen LogP contribution < -0.4 is 15.5 Å². The summed E-state index contributed by atoms with van der Waals surface area (Å²) in [5.41, 5.74) is 3.25. The van der Waals surface area contributed by atoms with Crippen LogP contribution in [0.1, 0.15) is 83.9 Å². The summed E-state index contributed by atoms with van der Waals surface area (Å²) >= 11 is 0. The van der Waals surface area contributed by atoms with Crippen molar-refractivity contribution in [3.8, 4) is 5.75 Å². The van der Waals surface area contributed by atoms with Crippen LogP contribution in [0.15, 0.2) is 36.4 Å². The Hall–Kier alpha value is -3.35. The molecule has 1 aliphatic rings. The molecule has 7 nitrogen and oxygen atoms in total. The van der Waals surface area contributed by atoms with Gasteiger partial charge in [0.2, 0.25) is 11.9 Å². The number of benzene rings is 2. The number of phenolic OH excluding ortho intramolecular Hbond substituents is 1. The minimum absolute atomic E-state index is 0.0337. The van der Waals surface area contributed by atoms with Gasteiger partial charge in [0, 0.05) is 32.1 Å². The molecular formula is C33H47N5O2. The van der Waals surface area contributed by atoms with E-state index in [4.69, 9.17) is 9.97 Å². The van der Waals surface area contributed by atoms with Crippen LogP contribution in [0.3, 0.4) is 0 Å². The second-order valence-corrected chi connectivity index (χ2v) is 13.7. The molecule has 3 aromatic rings. The number of hydrogen-bond donors (Lipinski definition) is 3. The van der Waals surface area contributed by atoms with E-state index in [-0.39, 0.29) is 16.7 Å². The van der Waals surface area contributed by atoms with Gasteiger partial charge in [-0.1, -0.05) is 65.8 Å². The number of amides is 1. The first-order valence-corrected chi connectivity index (χ1v) is 14.6. The fourth-order valence-corrected chi connectivity index (χ4v) is 5.60. The van der Waals surface area contributed by atoms with Gasteiger partial charge in [0.05, 0.1) is 11.9 Å². The van der Waals surface area contributed by atoms with Crippen molar-refractivity contribution < 1.29 is 9.90 Å². The Morgan fingerprint density at radius 1 is 0.950 bits per heavy atom. The molecule has 7 heteroatoms. The number of carbonyl (C=O) groups excluding carboxylic acids is 1. The SMILES string of the molecule is CN(C)c1nc(NC2CCC(CNC(=O)Cc3cc(C(C)(C)C)c(O)c(C(C)(C)C)c3)CC2)nc2ccccc12. The average molecular weight is 546 g/mol. The highest BCUT2D eigenvalue weighted by Crippen LogP contribution is 2.40. The number of aromatic nitrogens is 2. The van der Waals surface area contributed by atoms with E-state index in [0.717, 1.165) is 59.1 Å². The van der Waals surface area contributed by atoms with Gasteiger partial charge < -0.3 is 20.6 Å². The molecule has 1 amide bonds. The van der Waals surface area contributed by atoms with E-state index in [9.17, 15) is 9.90 Å². The quantitative estimate of drug-likeness (QED) is 0.322. The van der Waals surface area contributed by atoms with Crippen molar-refractivity contribution in [3.05, 3.63) is 53.1 Å². The van der Waals surface area contributed by atoms with Gasteiger partial charge in [0.15, 0.2) is 0 Å². The average Bonchev–Trinajstić information content (AvgIpc) is 2.87. The third kappa shape index (κ3) is 7.04. The number of aromatic hydroxyl groups is 1. The molecule has 1 fully saturated rings. The van der Waals surface area contributed by atoms with Crippen molar-refractivity contribution >= 4 is 28.6 Å². The fourth-order valence-electron chi connectivity index (χ4n) is 5.60. The maximum Gasteiger partial charge on any atom is 0.225 e. The number of nitrogens with zero attached hydrogens (tertiary/aromatic N) is 3. The highest BCUT2D eigenvalue weighted by atomic mass is 16.3. The van der Waals surface area contributed by atoms with E-state index in [1.165, 1.54) is 0 Å². The number of rotatable bonds is 7. The molecule has 0 radical (unpaired) electrons. The van der Waals surface area contributed by atoms with Gasteiger partial charge in [-0.3, -0.25) is 4.79 Å². The van der Waals surface area contributed by atoms with Gasteiger partial charge in [0.25, 0.3) is 0 Å². The van der Waals surface area contributed by atoms with E-state index in [1.54, 1.807) is 0 Å². The Labute approximate surface area is 239 Å². The molecule has 1 saturated carbocycles. The summed E-state index contributed by atoms with van der Waals surface area (Å²) in [4.78, 5) is 24.5. The molecule has 0 aliphatic heterocycles. The molecule has 1 aliphatic carbocycles. The Morgan fingerprint density at radius 3 is 2.12 bits per heavy atom. The number of hydrogen-bond acceptors (Lipinski definition) is 6. The summed E-state index contributed by atoms with van der Waals surface area (Å²) in [5.74, 6) is 2.44. The predicted octanol–water partition coefficient (Wildman–Crippen LogP) is 6.33. The number of carbonyl (C=O) groups is 1. The molecule has 2 aromatic carbocycles. The van der Waals surface area contributed by atoms with Crippen LogP contribution in [-0.2, 0) is 22.0 Å². The molecule has 3 N–H and O–H groups in total. The Morgan fingerprint density at radius 2 is 1.55 bits per heavy atom. The van der Waals surface area contributed by atoms with Gasteiger partial charge in [0.1, 0.15) is 11.6 Å². The Kier molecular flexibility index (Phi) is 8.62. The summed E-state index contributed by atoms with van der Waals surface area (Å²) in [6, 6.07) is 12.4. The second-order valence-electron chi connectivity index (χ2n) is 13.7. The number of fused-ring (bicyclic) bond motifs is 1. The van der Waals surface area contributed by atoms with Crippen molar-refractivity contribution in [2.45, 2.75) is 90.5 Å². The zero-order chi connectivity index (χ0) is 29.2. The third-order valence-corrected chi connectivity index (χ3v) is 7.93. The highest BCUT2D eigenvalue weighted by Gasteiger charge is 2.27. The molecule has 0 atom stereocenters. The third-order valence-electron chi connectivity index (χ3n) is 7.93. The minimum atomic E-state index is -0.213. The molecule has 1 heterocycles. The first-order chi connectivity index (χ1) is 18.7. The van der Waals surface area contributed by atoms with E-state index < -0.39 is 0 Å². The van der Waals surface area contributed by atoms with Crippen LogP contribution in [0.5, 0.6) is 5.75 Å². The number of phenols is 1. The summed E-state index contributed by atoms with van der Waals surface area (Å²) in [6.45, 7) is 13.3. The first-order valence-electron chi connectivity index (χ1n) is 14.6. The number of nitrogens with one attached hydrogen (secondary N) is 2. The molecule has 0 unspecified atom stereocenters. The topological polar surface area (TPSA) is 90.4 Å². The maximum absolute atomic E-state index is 13.0. The standard InChI is InChI=1S/C33H47N5O2/c1-32(2,3)25-17-22(18-26(29(25)40)33(4,5)6)19-28(39)34-20-21-13-15-23(16-14-21)35-31-36-27-12-10-9-11-24(27)30(37-31)38(7)8/h9-12,17-18,21,23,40H,13-16,19-20H2,1-8H3,(H,34,39)(H,35,36,37). The van der Waals surface area contributed by atoms with Crippen LogP contribution in [-0.4, -0.2) is 47.7 Å². The van der Waals surface area contributed by atoms with Crippen LogP contribution in [0, 0.1) is 5.92 Å². The van der Waals surface area contributed by atoms with Crippen LogP contribution >= 0.6 is 0 Å². The van der Waals surface area contributed by atoms with Gasteiger partial charge in [-0.15, -0.1) is 0 Å². The zero-order valence-corrected chi connectivity index (χ0v) is 25.6. The van der Waals surface area contributed by atoms with Gasteiger partial charge in [-0.05, 0) is 71.3 Å². The molecule has 0 saturated heterocycles. The summed E-state index contributed by atoms with van der Waals surface area (Å²) in [7, 11) is 4.01. The molecule has 1 aromatic heterocycles. The highest BCUT2D eigenvalue weighted by molar-refractivity contribution is 5.90. The molecule has 0 bridgehead atoms. The van der Waals surface area contributed by atoms with E-state index >= 15 is 0 Å². The first kappa shape index (κ1) is 29.6. The summed E-state index contributed by atoms with van der Waals surface area (Å²) in [6.07, 6.45) is 4.46. The smallest absolute Gasteiger partial charge is 0.225 e. The lowest BCUT2D eigenvalue weighted by molar-refractivity contribution is -0.120. The fraction of sp³-hybridized carbons (Fsp3) is 0.545. The number of anilines is 2. The van der Waals surface area contributed by atoms with E-state index in [0.29, 0.717) is 36.6 Å². The largest absolute Gasteiger partial charge is 0.507 e. The summed E-state index contributed by atoms with van der Waals surface area (Å²) < 4.78 is 0. The predicted molar refractivity (Wildman–Crippen MR) is 165 cm³/mol. The van der Waals surface area contributed by atoms with Crippen LogP contribution in [0.2, 0.25) is 0 Å². The van der Waals surface area contributed by atoms with Crippen LogP contribution in [0.25, 0.3) is 10.9 Å². The Balaban J connectivity index is 1.32. The molecule has 40 heavy (non-hydrogen) atoms. The normalized spacial score (nSPS) is 18.0. The lowest BCUT2D eigenvalue weighted by Crippen LogP contribution is -2.35. The number of para-hydroxylation sites is 1. The van der Waals surface area contributed by atoms with E-state index in [1.807, 2.05) is 49.3 Å². The van der Waals surface area contributed by atoms with Crippen molar-refractivity contribution in [3.63, 3.8) is 0 Å². The van der Waals surface area contributed by atoms with E-state index in [2.05, 4.69) is 58.2 Å². The van der Waals surface area contributed by atoms with Crippen molar-refractivity contribution in [2.75, 3.05) is 30.9 Å². The summed E-state index contributed by atoms with van der Waals surface area (Å²) in [5, 5.41) is 18.8. The van der Waals surface area contributed by atoms with Gasteiger partial charge in [-0.25, -0.2) is 4.98 Å². The monoisotopic (exact) mass is 545 g/mol. The maximum atomic E-state index is 13.0. The Bertz CT molecular complexity index is 1310. The van der Waals surface area contributed by atoms with Crippen molar-refractivity contribution in [1.29, 1.82) is 0 Å². The zero-order valence-electron chi connectivity index (χ0n) is 25.6. The molecule has 0 spiro atoms. The molecular weight excluding hydrogens is 498 g/mol. The van der Waals surface area contributed by atoms with Gasteiger partial charge >= 0.3 is 0 Å². The van der Waals surface area contributed by atoms with Crippen molar-refractivity contribution in [2.24, 2.45) is 5.92 Å². The lowest BCUT2D eigenvalue weighted by atomic mass is 9.78. The molecule has 216 valence electrons. The second kappa shape index (κ2) is 11.6. The lowest BCUT2D eigenvalue weighted by Gasteiger charge is -2.30. The van der Waals surface area contributed by atoms with Gasteiger partial charge in [-0.2, -0.15) is 4.98 Å². The molecule has 4 rings (SSSR count). The van der Waals surface area contributed by atoms with Crippen molar-refractivity contribution in [1.82, 2.24) is 15.3 Å². The minimum Gasteiger partial charge on any atom is -0.507 e. The van der Waals surface area contributed by atoms with Crippen LogP contribution in [0.4, 0.5) is 11.8 Å².